The van der Waals surface area contributed by atoms with Crippen LogP contribution in [0.2, 0.25) is 0 Å². The first-order valence-electron chi connectivity index (χ1n) is 9.05. The average molecular weight is 593 g/mol. The Morgan fingerprint density at radius 1 is 1.30 bits per heavy atom. The first-order chi connectivity index (χ1) is 12.2. The van der Waals surface area contributed by atoms with Gasteiger partial charge in [-0.2, -0.15) is 0 Å². The smallest absolute Gasteiger partial charge is 0.410 e. The molecule has 2 fully saturated rings. The Kier molecular flexibility index (Phi) is 5.82. The highest BCUT2D eigenvalue weighted by Crippen LogP contribution is 2.58. The van der Waals surface area contributed by atoms with Gasteiger partial charge in [0.25, 0.3) is 0 Å². The van der Waals surface area contributed by atoms with Crippen LogP contribution in [-0.4, -0.2) is 33.1 Å². The summed E-state index contributed by atoms with van der Waals surface area (Å²) in [5.41, 5.74) is 1.87. The van der Waals surface area contributed by atoms with Crippen LogP contribution >= 0.6 is 46.6 Å². The summed E-state index contributed by atoms with van der Waals surface area (Å²) < 4.78 is 6.85. The SMILES string of the molecule is CC(C)(C)OC(=O)N1CC2(CC2)C[C@H]1c1ncc(-c2ccc(I)cc2)[nH]1.I. The number of nitrogens with one attached hydrogen (secondary N) is 1. The van der Waals surface area contributed by atoms with Crippen LogP contribution in [0.25, 0.3) is 11.3 Å². The molecule has 1 aromatic heterocycles. The number of benzene rings is 1. The largest absolute Gasteiger partial charge is 0.444 e. The Morgan fingerprint density at radius 3 is 2.56 bits per heavy atom. The zero-order chi connectivity index (χ0) is 18.5. The van der Waals surface area contributed by atoms with Gasteiger partial charge in [0.15, 0.2) is 0 Å². The van der Waals surface area contributed by atoms with Crippen molar-refractivity contribution in [1.82, 2.24) is 14.9 Å². The number of hydrogen-bond donors (Lipinski definition) is 1. The van der Waals surface area contributed by atoms with E-state index in [2.05, 4.69) is 56.8 Å². The molecular formula is C20H25I2N3O2. The topological polar surface area (TPSA) is 58.2 Å². The van der Waals surface area contributed by atoms with Crippen molar-refractivity contribution in [3.05, 3.63) is 39.9 Å². The van der Waals surface area contributed by atoms with Crippen LogP contribution in [0.5, 0.6) is 0 Å². The summed E-state index contributed by atoms with van der Waals surface area (Å²) in [6.45, 7) is 6.49. The van der Waals surface area contributed by atoms with Gasteiger partial charge in [0, 0.05) is 10.1 Å². The molecule has 0 radical (unpaired) electrons. The Bertz CT molecular complexity index is 822. The van der Waals surface area contributed by atoms with E-state index in [0.717, 1.165) is 30.0 Å². The summed E-state index contributed by atoms with van der Waals surface area (Å²) in [5.74, 6) is 0.855. The third kappa shape index (κ3) is 4.60. The number of hydrogen-bond acceptors (Lipinski definition) is 3. The van der Waals surface area contributed by atoms with Gasteiger partial charge < -0.3 is 9.72 Å². The standard InChI is InChI=1S/C20H24IN3O2.HI/c1-19(2,3)26-18(25)24-12-20(8-9-20)10-16(24)17-22-11-15(23-17)13-4-6-14(21)7-5-13;/h4-7,11,16H,8-10,12H2,1-3H3,(H,22,23);1H/t16-;/m0./s1. The highest BCUT2D eigenvalue weighted by molar-refractivity contribution is 14.1. The van der Waals surface area contributed by atoms with E-state index in [1.807, 2.05) is 31.9 Å². The van der Waals surface area contributed by atoms with Crippen molar-refractivity contribution in [1.29, 1.82) is 0 Å². The molecule has 1 atom stereocenters. The number of imidazole rings is 1. The Hall–Kier alpha value is -0.840. The number of likely N-dealkylation sites (tertiary alicyclic amines) is 1. The molecule has 2 aliphatic rings. The Labute approximate surface area is 190 Å². The molecule has 2 aromatic rings. The number of rotatable bonds is 2. The number of aromatic nitrogens is 2. The first-order valence-corrected chi connectivity index (χ1v) is 10.1. The molecule has 27 heavy (non-hydrogen) atoms. The minimum Gasteiger partial charge on any atom is -0.444 e. The highest BCUT2D eigenvalue weighted by Gasteiger charge is 2.55. The molecular weight excluding hydrogens is 568 g/mol. The highest BCUT2D eigenvalue weighted by atomic mass is 127. The van der Waals surface area contributed by atoms with Gasteiger partial charge in [0.2, 0.25) is 0 Å². The Morgan fingerprint density at radius 2 is 1.96 bits per heavy atom. The van der Waals surface area contributed by atoms with Crippen LogP contribution in [0.1, 0.15) is 51.9 Å². The van der Waals surface area contributed by atoms with Crippen LogP contribution in [0, 0.1) is 8.99 Å². The second-order valence-electron chi connectivity index (χ2n) is 8.52. The van der Waals surface area contributed by atoms with Gasteiger partial charge in [-0.3, -0.25) is 4.90 Å². The van der Waals surface area contributed by atoms with Gasteiger partial charge in [-0.15, -0.1) is 24.0 Å². The number of ether oxygens (including phenoxy) is 1. The van der Waals surface area contributed by atoms with Gasteiger partial charge in [0.1, 0.15) is 11.4 Å². The summed E-state index contributed by atoms with van der Waals surface area (Å²) in [5, 5.41) is 0. The van der Waals surface area contributed by atoms with E-state index in [9.17, 15) is 4.79 Å². The Balaban J connectivity index is 0.00000210. The molecule has 0 bridgehead atoms. The second-order valence-corrected chi connectivity index (χ2v) is 9.76. The molecule has 1 aliphatic carbocycles. The zero-order valence-corrected chi connectivity index (χ0v) is 20.3. The third-order valence-electron chi connectivity index (χ3n) is 5.16. The van der Waals surface area contributed by atoms with Crippen molar-refractivity contribution in [2.75, 3.05) is 6.54 Å². The van der Waals surface area contributed by atoms with E-state index in [1.165, 1.54) is 16.4 Å². The summed E-state index contributed by atoms with van der Waals surface area (Å²) >= 11 is 2.30. The van der Waals surface area contributed by atoms with E-state index in [1.54, 1.807) is 0 Å². The van der Waals surface area contributed by atoms with Crippen LogP contribution in [0.15, 0.2) is 30.5 Å². The summed E-state index contributed by atoms with van der Waals surface area (Å²) in [6.07, 6.45) is 4.97. The summed E-state index contributed by atoms with van der Waals surface area (Å²) in [7, 11) is 0. The van der Waals surface area contributed by atoms with Gasteiger partial charge >= 0.3 is 6.09 Å². The minimum absolute atomic E-state index is 0. The van der Waals surface area contributed by atoms with E-state index in [4.69, 9.17) is 4.74 Å². The predicted molar refractivity (Wildman–Crippen MR) is 124 cm³/mol. The molecule has 4 rings (SSSR count). The molecule has 1 aliphatic heterocycles. The first kappa shape index (κ1) is 20.9. The van der Waals surface area contributed by atoms with Crippen LogP contribution in [-0.2, 0) is 4.74 Å². The lowest BCUT2D eigenvalue weighted by molar-refractivity contribution is 0.0212. The molecule has 1 aromatic carbocycles. The maximum atomic E-state index is 12.7. The van der Waals surface area contributed by atoms with Crippen LogP contribution in [0.4, 0.5) is 4.79 Å². The average Bonchev–Trinajstić information content (AvgIpc) is 2.98. The second kappa shape index (κ2) is 7.53. The molecule has 1 saturated carbocycles. The number of H-pyrrole nitrogens is 1. The maximum Gasteiger partial charge on any atom is 0.410 e. The number of aromatic amines is 1. The van der Waals surface area contributed by atoms with Crippen molar-refractivity contribution in [2.24, 2.45) is 5.41 Å². The molecule has 0 unspecified atom stereocenters. The van der Waals surface area contributed by atoms with Crippen LogP contribution in [0.3, 0.4) is 0 Å². The lowest BCUT2D eigenvalue weighted by atomic mass is 10.0. The van der Waals surface area contributed by atoms with Crippen LogP contribution < -0.4 is 0 Å². The van der Waals surface area contributed by atoms with Crippen molar-refractivity contribution in [3.8, 4) is 11.3 Å². The molecule has 1 N–H and O–H groups in total. The predicted octanol–water partition coefficient (Wildman–Crippen LogP) is 5.76. The van der Waals surface area contributed by atoms with Crippen molar-refractivity contribution in [3.63, 3.8) is 0 Å². The van der Waals surface area contributed by atoms with Crippen molar-refractivity contribution in [2.45, 2.75) is 51.7 Å². The summed E-state index contributed by atoms with van der Waals surface area (Å²) in [4.78, 5) is 22.7. The van der Waals surface area contributed by atoms with E-state index >= 15 is 0 Å². The van der Waals surface area contributed by atoms with Gasteiger partial charge in [0.05, 0.1) is 17.9 Å². The third-order valence-corrected chi connectivity index (χ3v) is 5.88. The van der Waals surface area contributed by atoms with Gasteiger partial charge in [-0.1, -0.05) is 12.1 Å². The van der Waals surface area contributed by atoms with E-state index in [-0.39, 0.29) is 41.5 Å². The monoisotopic (exact) mass is 593 g/mol. The lowest BCUT2D eigenvalue weighted by Gasteiger charge is -2.27. The lowest BCUT2D eigenvalue weighted by Crippen LogP contribution is -2.37. The maximum absolute atomic E-state index is 12.7. The molecule has 1 saturated heterocycles. The fourth-order valence-corrected chi connectivity index (χ4v) is 3.99. The number of nitrogens with zero attached hydrogens (tertiary/aromatic N) is 2. The van der Waals surface area contributed by atoms with Crippen molar-refractivity contribution >= 4 is 52.7 Å². The quantitative estimate of drug-likeness (QED) is 0.451. The van der Waals surface area contributed by atoms with E-state index < -0.39 is 5.60 Å². The minimum atomic E-state index is -0.490. The molecule has 7 heteroatoms. The molecule has 1 spiro atoms. The fraction of sp³-hybridized carbons (Fsp3) is 0.500. The zero-order valence-electron chi connectivity index (χ0n) is 15.8. The number of halogens is 2. The molecule has 146 valence electrons. The van der Waals surface area contributed by atoms with E-state index in [0.29, 0.717) is 0 Å². The van der Waals surface area contributed by atoms with Crippen molar-refractivity contribution < 1.29 is 9.53 Å². The normalized spacial score (nSPS) is 20.4. The van der Waals surface area contributed by atoms with Gasteiger partial charge in [-0.05, 0) is 85.7 Å². The fourth-order valence-electron chi connectivity index (χ4n) is 3.63. The number of amides is 1. The molecule has 2 heterocycles. The number of carbonyl (C=O) groups excluding carboxylic acids is 1. The van der Waals surface area contributed by atoms with Gasteiger partial charge in [-0.25, -0.2) is 9.78 Å². The molecule has 5 nitrogen and oxygen atoms in total. The summed E-state index contributed by atoms with van der Waals surface area (Å²) in [6, 6.07) is 8.30. The molecule has 1 amide bonds. The number of carbonyl (C=O) groups is 1.